The van der Waals surface area contributed by atoms with Crippen LogP contribution < -0.4 is 0 Å². The van der Waals surface area contributed by atoms with Crippen molar-refractivity contribution in [3.8, 4) is 0 Å². The maximum absolute atomic E-state index is 10.8. The summed E-state index contributed by atoms with van der Waals surface area (Å²) in [6.07, 6.45) is 0. The van der Waals surface area contributed by atoms with Crippen LogP contribution in [-0.2, 0) is 4.79 Å². The molecule has 0 aromatic heterocycles. The highest BCUT2D eigenvalue weighted by Crippen LogP contribution is 2.06. The predicted molar refractivity (Wildman–Crippen MR) is 31.7 cm³/mol. The Morgan fingerprint density at radius 1 is 1.67 bits per heavy atom. The summed E-state index contributed by atoms with van der Waals surface area (Å²) in [5, 5.41) is 8.58. The van der Waals surface area contributed by atoms with E-state index in [9.17, 15) is 4.79 Å². The van der Waals surface area contributed by atoms with E-state index in [2.05, 4.69) is 10.3 Å². The molecule has 0 spiro atoms. The molecule has 0 saturated heterocycles. The molecule has 0 atom stereocenters. The first-order valence-corrected chi connectivity index (χ1v) is 2.91. The first-order chi connectivity index (χ1) is 4.22. The zero-order valence-corrected chi connectivity index (χ0v) is 5.53. The average Bonchev–Trinajstić information content (AvgIpc) is 2.13. The van der Waals surface area contributed by atoms with E-state index < -0.39 is 0 Å². The van der Waals surface area contributed by atoms with Crippen LogP contribution in [0.5, 0.6) is 0 Å². The molecule has 0 N–H and O–H groups in total. The van der Waals surface area contributed by atoms with Gasteiger partial charge in [-0.3, -0.25) is 4.79 Å². The summed E-state index contributed by atoms with van der Waals surface area (Å²) in [5.41, 5.74) is 0. The van der Waals surface area contributed by atoms with E-state index >= 15 is 0 Å². The number of amides is 1. The van der Waals surface area contributed by atoms with E-state index in [-0.39, 0.29) is 18.5 Å². The molecule has 0 aliphatic carbocycles. The van der Waals surface area contributed by atoms with Gasteiger partial charge in [0.2, 0.25) is 0 Å². The Balaban J connectivity index is 2.59. The minimum atomic E-state index is -0.00926. The quantitative estimate of drug-likeness (QED) is 0.508. The van der Waals surface area contributed by atoms with Gasteiger partial charge < -0.3 is 0 Å². The number of hydrogen-bond donors (Lipinski definition) is 0. The Hall–Kier alpha value is -0.930. The van der Waals surface area contributed by atoms with E-state index in [0.29, 0.717) is 0 Å². The summed E-state index contributed by atoms with van der Waals surface area (Å²) < 4.78 is 0. The van der Waals surface area contributed by atoms with Crippen LogP contribution in [0.15, 0.2) is 10.3 Å². The second kappa shape index (κ2) is 2.13. The molecule has 4 nitrogen and oxygen atoms in total. The molecule has 0 fully saturated rings. The van der Waals surface area contributed by atoms with Crippen molar-refractivity contribution in [3.63, 3.8) is 0 Å². The van der Waals surface area contributed by atoms with Gasteiger partial charge in [0.25, 0.3) is 5.91 Å². The summed E-state index contributed by atoms with van der Waals surface area (Å²) in [4.78, 5) is 10.8. The van der Waals surface area contributed by atoms with Crippen molar-refractivity contribution in [2.24, 2.45) is 10.3 Å². The van der Waals surface area contributed by atoms with Gasteiger partial charge in [-0.2, -0.15) is 5.11 Å². The van der Waals surface area contributed by atoms with E-state index in [1.807, 2.05) is 13.8 Å². The van der Waals surface area contributed by atoms with Crippen LogP contribution >= 0.6 is 0 Å². The van der Waals surface area contributed by atoms with Crippen LogP contribution in [0.25, 0.3) is 0 Å². The van der Waals surface area contributed by atoms with E-state index in [0.717, 1.165) is 0 Å². The van der Waals surface area contributed by atoms with Gasteiger partial charge in [-0.05, 0) is 13.8 Å². The van der Waals surface area contributed by atoms with Crippen molar-refractivity contribution >= 4 is 5.91 Å². The monoisotopic (exact) mass is 127 g/mol. The molecule has 0 radical (unpaired) electrons. The van der Waals surface area contributed by atoms with Crippen molar-refractivity contribution in [2.75, 3.05) is 6.54 Å². The number of hydrogen-bond acceptors (Lipinski definition) is 3. The van der Waals surface area contributed by atoms with Crippen molar-refractivity contribution in [2.45, 2.75) is 19.9 Å². The highest BCUT2D eigenvalue weighted by atomic mass is 16.2. The molecular formula is C5H9N3O. The van der Waals surface area contributed by atoms with E-state index in [1.54, 1.807) is 0 Å². The van der Waals surface area contributed by atoms with Gasteiger partial charge in [0.05, 0.1) is 6.04 Å². The summed E-state index contributed by atoms with van der Waals surface area (Å²) in [6.45, 7) is 4.03. The lowest BCUT2D eigenvalue weighted by molar-refractivity contribution is -0.129. The van der Waals surface area contributed by atoms with Crippen molar-refractivity contribution in [3.05, 3.63) is 0 Å². The molecule has 50 valence electrons. The highest BCUT2D eigenvalue weighted by Gasteiger charge is 2.20. The molecular weight excluding hydrogens is 118 g/mol. The van der Waals surface area contributed by atoms with Crippen LogP contribution in [-0.4, -0.2) is 23.5 Å². The maximum Gasteiger partial charge on any atom is 0.267 e. The second-order valence-corrected chi connectivity index (χ2v) is 2.22. The topological polar surface area (TPSA) is 45.0 Å². The first kappa shape index (κ1) is 6.19. The highest BCUT2D eigenvalue weighted by molar-refractivity contribution is 5.79. The van der Waals surface area contributed by atoms with E-state index in [4.69, 9.17) is 0 Å². The number of carbonyl (C=O) groups excluding carboxylic acids is 1. The van der Waals surface area contributed by atoms with Crippen LogP contribution in [0.2, 0.25) is 0 Å². The second-order valence-electron chi connectivity index (χ2n) is 2.22. The normalized spacial score (nSPS) is 18.1. The summed E-state index contributed by atoms with van der Waals surface area (Å²) >= 11 is 0. The third kappa shape index (κ3) is 1.06. The molecule has 0 aromatic rings. The molecule has 1 rings (SSSR count). The Labute approximate surface area is 53.5 Å². The molecule has 1 heterocycles. The minimum Gasteiger partial charge on any atom is -0.271 e. The van der Waals surface area contributed by atoms with Gasteiger partial charge in [-0.1, -0.05) is 5.22 Å². The predicted octanol–water partition coefficient (Wildman–Crippen LogP) is 0.604. The van der Waals surface area contributed by atoms with E-state index in [1.165, 1.54) is 5.01 Å². The molecule has 0 unspecified atom stereocenters. The Morgan fingerprint density at radius 2 is 2.33 bits per heavy atom. The standard InChI is InChI=1S/C5H9N3O/c1-4(2)8-5(9)3-6-7-8/h4H,3H2,1-2H3. The van der Waals surface area contributed by atoms with Crippen LogP contribution in [0, 0.1) is 0 Å². The van der Waals surface area contributed by atoms with Gasteiger partial charge in [0.15, 0.2) is 0 Å². The smallest absolute Gasteiger partial charge is 0.267 e. The van der Waals surface area contributed by atoms with Crippen LogP contribution in [0.1, 0.15) is 13.8 Å². The van der Waals surface area contributed by atoms with Gasteiger partial charge >= 0.3 is 0 Å². The summed E-state index contributed by atoms with van der Waals surface area (Å²) in [5.74, 6) is -0.00926. The fraction of sp³-hybridized carbons (Fsp3) is 0.800. The SMILES string of the molecule is CC(C)N1N=NCC1=O. The van der Waals surface area contributed by atoms with Crippen molar-refractivity contribution in [1.29, 1.82) is 0 Å². The Bertz CT molecular complexity index is 152. The van der Waals surface area contributed by atoms with Crippen molar-refractivity contribution < 1.29 is 4.79 Å². The maximum atomic E-state index is 10.8. The fourth-order valence-corrected chi connectivity index (χ4v) is 0.674. The third-order valence-electron chi connectivity index (χ3n) is 1.11. The third-order valence-corrected chi connectivity index (χ3v) is 1.11. The van der Waals surface area contributed by atoms with Gasteiger partial charge in [-0.25, -0.2) is 5.01 Å². The molecule has 4 heteroatoms. The largest absolute Gasteiger partial charge is 0.271 e. The van der Waals surface area contributed by atoms with Crippen LogP contribution in [0.4, 0.5) is 0 Å². The lowest BCUT2D eigenvalue weighted by Gasteiger charge is -2.12. The lowest BCUT2D eigenvalue weighted by Crippen LogP contribution is -2.29. The Kier molecular flexibility index (Phi) is 1.46. The molecule has 0 bridgehead atoms. The first-order valence-electron chi connectivity index (χ1n) is 2.91. The minimum absolute atomic E-state index is 0.00926. The Morgan fingerprint density at radius 3 is 2.56 bits per heavy atom. The number of rotatable bonds is 1. The lowest BCUT2D eigenvalue weighted by atomic mass is 10.4. The molecule has 1 aliphatic rings. The van der Waals surface area contributed by atoms with Gasteiger partial charge in [0.1, 0.15) is 6.54 Å². The fourth-order valence-electron chi connectivity index (χ4n) is 0.674. The van der Waals surface area contributed by atoms with Crippen LogP contribution in [0.3, 0.4) is 0 Å². The average molecular weight is 127 g/mol. The number of nitrogens with zero attached hydrogens (tertiary/aromatic N) is 3. The molecule has 1 amide bonds. The molecule has 9 heavy (non-hydrogen) atoms. The molecule has 0 aromatic carbocycles. The van der Waals surface area contributed by atoms with Crippen molar-refractivity contribution in [1.82, 2.24) is 5.01 Å². The summed E-state index contributed by atoms with van der Waals surface area (Å²) in [6, 6.07) is 0.142. The number of carbonyl (C=O) groups is 1. The van der Waals surface area contributed by atoms with Gasteiger partial charge in [0, 0.05) is 0 Å². The zero-order valence-electron chi connectivity index (χ0n) is 5.53. The molecule has 1 aliphatic heterocycles. The zero-order chi connectivity index (χ0) is 6.85. The summed E-state index contributed by atoms with van der Waals surface area (Å²) in [7, 11) is 0. The molecule has 0 saturated carbocycles. The van der Waals surface area contributed by atoms with Gasteiger partial charge in [-0.15, -0.1) is 0 Å².